The molecule has 0 amide bonds. The van der Waals surface area contributed by atoms with Crippen LogP contribution in [-0.4, -0.2) is 49.3 Å². The van der Waals surface area contributed by atoms with Crippen molar-refractivity contribution < 1.29 is 38.1 Å². The third-order valence-electron chi connectivity index (χ3n) is 6.97. The Hall–Kier alpha value is -6.42. The number of esters is 3. The van der Waals surface area contributed by atoms with E-state index in [1.165, 1.54) is 30.7 Å². The summed E-state index contributed by atoms with van der Waals surface area (Å²) in [6.07, 6.45) is 6.54. The van der Waals surface area contributed by atoms with Gasteiger partial charge in [0.05, 0.1) is 24.4 Å². The van der Waals surface area contributed by atoms with Crippen molar-refractivity contribution in [3.05, 3.63) is 139 Å². The maximum absolute atomic E-state index is 12.8. The molecule has 0 radical (unpaired) electrons. The van der Waals surface area contributed by atoms with Gasteiger partial charge in [0.2, 0.25) is 0 Å². The van der Waals surface area contributed by atoms with Crippen LogP contribution in [0.15, 0.2) is 126 Å². The van der Waals surface area contributed by atoms with Gasteiger partial charge in [0.25, 0.3) is 0 Å². The smallest absolute Gasteiger partial charge is 0.343 e. The van der Waals surface area contributed by atoms with Crippen LogP contribution in [0.5, 0.6) is 23.0 Å². The number of aryl methyl sites for hydroxylation is 1. The second-order valence-corrected chi connectivity index (χ2v) is 11.2. The van der Waals surface area contributed by atoms with Crippen LogP contribution >= 0.6 is 0 Å². The Morgan fingerprint density at radius 2 is 1.32 bits per heavy atom. The Bertz CT molecular complexity index is 1890. The van der Waals surface area contributed by atoms with Gasteiger partial charge in [-0.1, -0.05) is 58.5 Å². The average molecular weight is 719 g/mol. The van der Waals surface area contributed by atoms with E-state index in [0.29, 0.717) is 39.7 Å². The van der Waals surface area contributed by atoms with Crippen LogP contribution in [0.3, 0.4) is 0 Å². The van der Waals surface area contributed by atoms with Crippen LogP contribution in [0.25, 0.3) is 0 Å². The first-order chi connectivity index (χ1) is 25.5. The minimum atomic E-state index is -0.581. The standard InChI is InChI=1S/C30H30N2O5.C10H8O3.C3H8/c1-6-26(21(4)32-27-11-9-8-10-20(27)3)31-19-23-18-25(35-5)16-17-28(23)37-30(34)22-12-14-24(15-13-22)36-29(33)7-2;1-2-10(12)13-9-5-3-8(7-11)4-6-9;1-3-2/h7-19,26H,2,6H2,1,3-5H3;2-7H,1H2;3H2,1-2H3. The summed E-state index contributed by atoms with van der Waals surface area (Å²) in [7, 11) is 1.57. The highest BCUT2D eigenvalue weighted by molar-refractivity contribution is 5.95. The number of ether oxygens (including phenoxy) is 4. The molecular formula is C43H46N2O8. The fraction of sp³-hybridized carbons (Fsp3) is 0.209. The molecule has 0 aliphatic carbocycles. The molecule has 4 aromatic rings. The predicted octanol–water partition coefficient (Wildman–Crippen LogP) is 9.31. The van der Waals surface area contributed by atoms with Crippen LogP contribution in [0, 0.1) is 6.92 Å². The highest BCUT2D eigenvalue weighted by Gasteiger charge is 2.14. The summed E-state index contributed by atoms with van der Waals surface area (Å²) in [5.74, 6) is -0.0257. The number of hydrogen-bond donors (Lipinski definition) is 0. The summed E-state index contributed by atoms with van der Waals surface area (Å²) < 4.78 is 20.9. The fourth-order valence-corrected chi connectivity index (χ4v) is 4.23. The predicted molar refractivity (Wildman–Crippen MR) is 209 cm³/mol. The third kappa shape index (κ3) is 14.8. The lowest BCUT2D eigenvalue weighted by Crippen LogP contribution is -2.15. The molecule has 0 aliphatic rings. The first-order valence-electron chi connectivity index (χ1n) is 16.9. The van der Waals surface area contributed by atoms with E-state index in [9.17, 15) is 19.2 Å². The number of carbonyl (C=O) groups is 4. The lowest BCUT2D eigenvalue weighted by atomic mass is 10.1. The zero-order valence-corrected chi connectivity index (χ0v) is 31.0. The number of aliphatic imine (C=N–C) groups is 2. The molecule has 0 saturated heterocycles. The summed E-state index contributed by atoms with van der Waals surface area (Å²) in [5, 5.41) is 0. The van der Waals surface area contributed by atoms with Crippen molar-refractivity contribution in [2.75, 3.05) is 7.11 Å². The number of nitrogens with zero attached hydrogens (tertiary/aromatic N) is 2. The van der Waals surface area contributed by atoms with Crippen molar-refractivity contribution in [3.63, 3.8) is 0 Å². The maximum Gasteiger partial charge on any atom is 0.343 e. The molecule has 10 heteroatoms. The molecule has 1 atom stereocenters. The molecule has 10 nitrogen and oxygen atoms in total. The summed E-state index contributed by atoms with van der Waals surface area (Å²) in [4.78, 5) is 54.7. The summed E-state index contributed by atoms with van der Waals surface area (Å²) >= 11 is 0. The van der Waals surface area contributed by atoms with Gasteiger partial charge in [0.15, 0.2) is 0 Å². The average Bonchev–Trinajstić information content (AvgIpc) is 3.17. The molecule has 4 rings (SSSR count). The van der Waals surface area contributed by atoms with Crippen LogP contribution in [-0.2, 0) is 9.59 Å². The SMILES string of the molecule is C=CC(=O)Oc1ccc(C(=O)Oc2ccc(OC)cc2C=NC(CC)C(C)=Nc2ccccc2C)cc1.C=CC(=O)Oc1ccc(C=O)cc1.CCC. The van der Waals surface area contributed by atoms with Crippen LogP contribution < -0.4 is 18.9 Å². The third-order valence-corrected chi connectivity index (χ3v) is 6.97. The topological polar surface area (TPSA) is 130 Å². The van der Waals surface area contributed by atoms with Gasteiger partial charge in [0.1, 0.15) is 29.3 Å². The minimum absolute atomic E-state index is 0.153. The van der Waals surface area contributed by atoms with E-state index in [0.717, 1.165) is 41.8 Å². The fourth-order valence-electron chi connectivity index (χ4n) is 4.23. The van der Waals surface area contributed by atoms with Gasteiger partial charge in [-0.2, -0.15) is 0 Å². The molecule has 0 saturated carbocycles. The van der Waals surface area contributed by atoms with E-state index in [1.807, 2.05) is 45.0 Å². The molecule has 4 aromatic carbocycles. The van der Waals surface area contributed by atoms with Crippen molar-refractivity contribution >= 4 is 41.8 Å². The van der Waals surface area contributed by atoms with Gasteiger partial charge in [-0.3, -0.25) is 14.8 Å². The largest absolute Gasteiger partial charge is 0.497 e. The monoisotopic (exact) mass is 718 g/mol. The van der Waals surface area contributed by atoms with Gasteiger partial charge in [-0.05, 0) is 98.6 Å². The highest BCUT2D eigenvalue weighted by atomic mass is 16.5. The number of para-hydroxylation sites is 1. The first kappa shape index (κ1) is 42.7. The van der Waals surface area contributed by atoms with Crippen molar-refractivity contribution in [2.45, 2.75) is 53.5 Å². The molecular weight excluding hydrogens is 672 g/mol. The Kier molecular flexibility index (Phi) is 18.7. The minimum Gasteiger partial charge on any atom is -0.497 e. The van der Waals surface area contributed by atoms with Gasteiger partial charge in [-0.25, -0.2) is 14.4 Å². The second kappa shape index (κ2) is 23.1. The molecule has 53 heavy (non-hydrogen) atoms. The van der Waals surface area contributed by atoms with E-state index in [1.54, 1.807) is 55.8 Å². The van der Waals surface area contributed by atoms with Crippen LogP contribution in [0.1, 0.15) is 72.4 Å². The molecule has 1 unspecified atom stereocenters. The number of hydrogen-bond acceptors (Lipinski definition) is 10. The Morgan fingerprint density at radius 1 is 0.774 bits per heavy atom. The van der Waals surface area contributed by atoms with Gasteiger partial charge in [-0.15, -0.1) is 0 Å². The lowest BCUT2D eigenvalue weighted by molar-refractivity contribution is -0.129. The zero-order chi connectivity index (χ0) is 39.2. The van der Waals surface area contributed by atoms with E-state index < -0.39 is 17.9 Å². The van der Waals surface area contributed by atoms with E-state index in [4.69, 9.17) is 28.9 Å². The Labute approximate surface area is 311 Å². The molecule has 0 fully saturated rings. The number of methoxy groups -OCH3 is 1. The molecule has 0 aliphatic heterocycles. The van der Waals surface area contributed by atoms with E-state index in [2.05, 4.69) is 27.0 Å². The van der Waals surface area contributed by atoms with Crippen LogP contribution in [0.2, 0.25) is 0 Å². The van der Waals surface area contributed by atoms with Gasteiger partial charge >= 0.3 is 17.9 Å². The van der Waals surface area contributed by atoms with Crippen LogP contribution in [0.4, 0.5) is 5.69 Å². The second-order valence-electron chi connectivity index (χ2n) is 11.2. The van der Waals surface area contributed by atoms with Gasteiger partial charge < -0.3 is 18.9 Å². The number of aldehydes is 1. The molecule has 0 bridgehead atoms. The normalized spacial score (nSPS) is 11.0. The molecule has 0 N–H and O–H groups in total. The number of benzene rings is 4. The Balaban J connectivity index is 0.000000504. The van der Waals surface area contributed by atoms with Crippen molar-refractivity contribution in [2.24, 2.45) is 9.98 Å². The van der Waals surface area contributed by atoms with Crippen molar-refractivity contribution in [1.29, 1.82) is 0 Å². The zero-order valence-electron chi connectivity index (χ0n) is 31.0. The van der Waals surface area contributed by atoms with Gasteiger partial charge in [0, 0.05) is 35.2 Å². The number of rotatable bonds is 13. The summed E-state index contributed by atoms with van der Waals surface area (Å²) in [6, 6.07) is 25.2. The molecule has 276 valence electrons. The summed E-state index contributed by atoms with van der Waals surface area (Å²) in [6.45, 7) is 16.9. The molecule has 0 heterocycles. The quantitative estimate of drug-likeness (QED) is 0.0440. The first-order valence-corrected chi connectivity index (χ1v) is 16.9. The molecule has 0 aromatic heterocycles. The maximum atomic E-state index is 12.8. The number of carbonyl (C=O) groups excluding carboxylic acids is 4. The summed E-state index contributed by atoms with van der Waals surface area (Å²) in [5.41, 5.74) is 4.31. The molecule has 0 spiro atoms. The lowest BCUT2D eigenvalue weighted by Gasteiger charge is -2.12. The Morgan fingerprint density at radius 3 is 1.83 bits per heavy atom. The van der Waals surface area contributed by atoms with E-state index in [-0.39, 0.29) is 6.04 Å². The van der Waals surface area contributed by atoms with E-state index >= 15 is 0 Å². The highest BCUT2D eigenvalue weighted by Crippen LogP contribution is 2.25. The van der Waals surface area contributed by atoms with Crippen molar-refractivity contribution in [3.8, 4) is 23.0 Å². The van der Waals surface area contributed by atoms with Crippen molar-refractivity contribution in [1.82, 2.24) is 0 Å².